The average Bonchev–Trinajstić information content (AvgIpc) is 2.94. The summed E-state index contributed by atoms with van der Waals surface area (Å²) >= 11 is 6.50. The Bertz CT molecular complexity index is 1410. The summed E-state index contributed by atoms with van der Waals surface area (Å²) in [7, 11) is -3.85. The molecule has 0 unspecified atom stereocenters. The molecule has 0 radical (unpaired) electrons. The molecule has 3 aromatic carbocycles. The molecule has 3 rings (SSSR count). The molecule has 41 heavy (non-hydrogen) atoms. The summed E-state index contributed by atoms with van der Waals surface area (Å²) in [6.45, 7) is 6.05. The van der Waals surface area contributed by atoms with E-state index < -0.39 is 28.5 Å². The largest absolute Gasteiger partial charge is 0.354 e. The molecule has 1 atom stereocenters. The van der Waals surface area contributed by atoms with Crippen LogP contribution < -0.4 is 9.62 Å². The maximum absolute atomic E-state index is 14.2. The van der Waals surface area contributed by atoms with Crippen LogP contribution in [0, 0.1) is 0 Å². The van der Waals surface area contributed by atoms with Gasteiger partial charge in [0, 0.05) is 24.5 Å². The van der Waals surface area contributed by atoms with Crippen LogP contribution in [0.1, 0.15) is 56.2 Å². The van der Waals surface area contributed by atoms with Crippen LogP contribution in [0.3, 0.4) is 0 Å². The summed E-state index contributed by atoms with van der Waals surface area (Å²) in [4.78, 5) is 29.4. The minimum absolute atomic E-state index is 0.0277. The molecule has 0 saturated carbocycles. The molecule has 0 aliphatic rings. The number of amides is 2. The molecular weight excluding hydrogens is 558 g/mol. The summed E-state index contributed by atoms with van der Waals surface area (Å²) in [6.07, 6.45) is 3.06. The minimum atomic E-state index is -3.85. The maximum Gasteiger partial charge on any atom is 0.244 e. The number of carbonyl (C=O) groups is 2. The third-order valence-electron chi connectivity index (χ3n) is 6.91. The second-order valence-electron chi connectivity index (χ2n) is 10.4. The van der Waals surface area contributed by atoms with Crippen LogP contribution in [0.2, 0.25) is 5.02 Å². The molecule has 2 amide bonds. The van der Waals surface area contributed by atoms with Gasteiger partial charge in [0.25, 0.3) is 0 Å². The number of unbranched alkanes of at least 4 members (excludes halogenated alkanes) is 1. The number of nitrogens with zero attached hydrogens (tertiary/aromatic N) is 2. The summed E-state index contributed by atoms with van der Waals surface area (Å²) in [6, 6.07) is 22.9. The summed E-state index contributed by atoms with van der Waals surface area (Å²) in [5.41, 5.74) is 2.80. The highest BCUT2D eigenvalue weighted by atomic mass is 35.5. The van der Waals surface area contributed by atoms with Gasteiger partial charge < -0.3 is 10.2 Å². The molecular formula is C32H40ClN3O4S. The molecule has 0 aromatic heterocycles. The van der Waals surface area contributed by atoms with Gasteiger partial charge in [0.2, 0.25) is 21.8 Å². The number of nitrogens with one attached hydrogen (secondary N) is 1. The fraction of sp³-hybridized carbons (Fsp3) is 0.375. The number of anilines is 1. The lowest BCUT2D eigenvalue weighted by Gasteiger charge is -2.34. The number of carbonyl (C=O) groups excluding carboxylic acids is 2. The van der Waals surface area contributed by atoms with Crippen molar-refractivity contribution in [2.45, 2.75) is 58.5 Å². The van der Waals surface area contributed by atoms with Crippen molar-refractivity contribution in [2.75, 3.05) is 23.7 Å². The Labute approximate surface area is 249 Å². The summed E-state index contributed by atoms with van der Waals surface area (Å²) < 4.78 is 27.3. The van der Waals surface area contributed by atoms with Gasteiger partial charge in [0.05, 0.1) is 11.9 Å². The SMILES string of the molecule is CCCCNC(=O)[C@@H](Cc1ccccc1)N(Cc1ccccc1Cl)C(=O)CN(c1ccccc1C(C)C)S(C)(=O)=O. The van der Waals surface area contributed by atoms with Gasteiger partial charge in [0.1, 0.15) is 12.6 Å². The van der Waals surface area contributed by atoms with E-state index in [-0.39, 0.29) is 24.8 Å². The van der Waals surface area contributed by atoms with Crippen molar-refractivity contribution in [1.82, 2.24) is 10.2 Å². The van der Waals surface area contributed by atoms with E-state index in [9.17, 15) is 18.0 Å². The van der Waals surface area contributed by atoms with E-state index in [1.54, 1.807) is 30.3 Å². The van der Waals surface area contributed by atoms with Crippen molar-refractivity contribution < 1.29 is 18.0 Å². The van der Waals surface area contributed by atoms with Gasteiger partial charge >= 0.3 is 0 Å². The minimum Gasteiger partial charge on any atom is -0.354 e. The van der Waals surface area contributed by atoms with E-state index in [0.29, 0.717) is 22.8 Å². The zero-order valence-electron chi connectivity index (χ0n) is 24.2. The molecule has 0 aliphatic heterocycles. The van der Waals surface area contributed by atoms with Crippen molar-refractivity contribution in [2.24, 2.45) is 0 Å². The lowest BCUT2D eigenvalue weighted by atomic mass is 10.0. The molecule has 1 N–H and O–H groups in total. The Morgan fingerprint density at radius 2 is 1.56 bits per heavy atom. The average molecular weight is 598 g/mol. The first-order valence-corrected chi connectivity index (χ1v) is 16.2. The van der Waals surface area contributed by atoms with Crippen molar-refractivity contribution >= 4 is 39.1 Å². The van der Waals surface area contributed by atoms with Crippen molar-refractivity contribution in [3.63, 3.8) is 0 Å². The molecule has 0 spiro atoms. The van der Waals surface area contributed by atoms with E-state index in [4.69, 9.17) is 11.6 Å². The maximum atomic E-state index is 14.2. The van der Waals surface area contributed by atoms with Gasteiger partial charge in [-0.15, -0.1) is 0 Å². The van der Waals surface area contributed by atoms with Gasteiger partial charge in [-0.1, -0.05) is 106 Å². The number of rotatable bonds is 14. The Hall–Kier alpha value is -3.36. The first kappa shape index (κ1) is 32.2. The monoisotopic (exact) mass is 597 g/mol. The smallest absolute Gasteiger partial charge is 0.244 e. The van der Waals surface area contributed by atoms with Gasteiger partial charge in [-0.05, 0) is 41.2 Å². The molecule has 220 valence electrons. The number of benzene rings is 3. The number of sulfonamides is 1. The van der Waals surface area contributed by atoms with E-state index in [1.807, 2.05) is 69.3 Å². The molecule has 0 fully saturated rings. The van der Waals surface area contributed by atoms with E-state index in [1.165, 1.54) is 4.90 Å². The highest BCUT2D eigenvalue weighted by molar-refractivity contribution is 7.92. The van der Waals surface area contributed by atoms with Crippen LogP contribution in [-0.2, 0) is 32.6 Å². The fourth-order valence-electron chi connectivity index (χ4n) is 4.67. The van der Waals surface area contributed by atoms with Crippen LogP contribution in [0.15, 0.2) is 78.9 Å². The number of hydrogen-bond acceptors (Lipinski definition) is 4. The first-order chi connectivity index (χ1) is 19.5. The predicted molar refractivity (Wildman–Crippen MR) is 167 cm³/mol. The molecule has 0 heterocycles. The summed E-state index contributed by atoms with van der Waals surface area (Å²) in [5, 5.41) is 3.44. The molecule has 9 heteroatoms. The topological polar surface area (TPSA) is 86.8 Å². The fourth-order valence-corrected chi connectivity index (χ4v) is 5.73. The zero-order chi connectivity index (χ0) is 30.0. The molecule has 3 aromatic rings. The van der Waals surface area contributed by atoms with E-state index >= 15 is 0 Å². The van der Waals surface area contributed by atoms with Crippen molar-refractivity contribution in [1.29, 1.82) is 0 Å². The number of para-hydroxylation sites is 1. The normalized spacial score (nSPS) is 12.1. The highest BCUT2D eigenvalue weighted by Gasteiger charge is 2.33. The molecule has 0 aliphatic carbocycles. The van der Waals surface area contributed by atoms with Gasteiger partial charge in [0.15, 0.2) is 0 Å². The lowest BCUT2D eigenvalue weighted by molar-refractivity contribution is -0.140. The second kappa shape index (κ2) is 15.0. The van der Waals surface area contributed by atoms with Crippen molar-refractivity contribution in [3.05, 3.63) is 101 Å². The van der Waals surface area contributed by atoms with Crippen LogP contribution in [0.4, 0.5) is 5.69 Å². The van der Waals surface area contributed by atoms with Gasteiger partial charge in [-0.25, -0.2) is 8.42 Å². The van der Waals surface area contributed by atoms with E-state index in [0.717, 1.165) is 34.5 Å². The van der Waals surface area contributed by atoms with Crippen LogP contribution >= 0.6 is 11.6 Å². The third-order valence-corrected chi connectivity index (χ3v) is 8.40. The van der Waals surface area contributed by atoms with Crippen LogP contribution in [0.25, 0.3) is 0 Å². The lowest BCUT2D eigenvalue weighted by Crippen LogP contribution is -2.53. The molecule has 0 saturated heterocycles. The quantitative estimate of drug-likeness (QED) is 0.238. The number of halogens is 1. The molecule has 7 nitrogen and oxygen atoms in total. The van der Waals surface area contributed by atoms with Gasteiger partial charge in [-0.3, -0.25) is 13.9 Å². The Kier molecular flexibility index (Phi) is 11.8. The van der Waals surface area contributed by atoms with Crippen LogP contribution in [-0.4, -0.2) is 50.5 Å². The summed E-state index contributed by atoms with van der Waals surface area (Å²) in [5.74, 6) is -0.767. The molecule has 0 bridgehead atoms. The first-order valence-electron chi connectivity index (χ1n) is 13.9. The standard InChI is InChI=1S/C32H40ClN3O4S/c1-5-6-20-34-32(38)30(21-25-14-8-7-9-15-25)35(22-26-16-10-12-18-28(26)33)31(37)23-36(41(4,39)40)29-19-13-11-17-27(29)24(2)3/h7-19,24,30H,5-6,20-23H2,1-4H3,(H,34,38)/t30-/m1/s1. The van der Waals surface area contributed by atoms with E-state index in [2.05, 4.69) is 5.32 Å². The third kappa shape index (κ3) is 9.07. The van der Waals surface area contributed by atoms with Crippen molar-refractivity contribution in [3.8, 4) is 0 Å². The Balaban J connectivity index is 2.08. The zero-order valence-corrected chi connectivity index (χ0v) is 25.8. The predicted octanol–water partition coefficient (Wildman–Crippen LogP) is 5.79. The highest BCUT2D eigenvalue weighted by Crippen LogP contribution is 2.29. The Morgan fingerprint density at radius 1 is 0.927 bits per heavy atom. The van der Waals surface area contributed by atoms with Crippen LogP contribution in [0.5, 0.6) is 0 Å². The second-order valence-corrected chi connectivity index (χ2v) is 12.8. The Morgan fingerprint density at radius 3 is 2.20 bits per heavy atom. The van der Waals surface area contributed by atoms with Gasteiger partial charge in [-0.2, -0.15) is 0 Å². The number of hydrogen-bond donors (Lipinski definition) is 1.